The van der Waals surface area contributed by atoms with Crippen molar-refractivity contribution in [1.29, 1.82) is 0 Å². The molecule has 0 aliphatic heterocycles. The van der Waals surface area contributed by atoms with Crippen LogP contribution < -0.4 is 20.7 Å². The molecule has 0 atom stereocenters. The minimum absolute atomic E-state index is 0.0531. The van der Waals surface area contributed by atoms with Crippen LogP contribution in [0.5, 0.6) is 0 Å². The van der Waals surface area contributed by atoms with Gasteiger partial charge in [0.1, 0.15) is 0 Å². The van der Waals surface area contributed by atoms with Gasteiger partial charge >= 0.3 is 0 Å². The summed E-state index contributed by atoms with van der Waals surface area (Å²) in [4.78, 5) is 0. The van der Waals surface area contributed by atoms with Gasteiger partial charge < -0.3 is 9.13 Å². The van der Waals surface area contributed by atoms with Gasteiger partial charge in [0.05, 0.1) is 43.4 Å². The molecule has 0 aliphatic carbocycles. The highest BCUT2D eigenvalue weighted by Gasteiger charge is 2.41. The Balaban J connectivity index is 1.12. The molecule has 4 heteroatoms. The van der Waals surface area contributed by atoms with Crippen LogP contribution in [0.1, 0.15) is 11.0 Å². The third-order valence-corrected chi connectivity index (χ3v) is 18.9. The maximum atomic E-state index is 9.37. The van der Waals surface area contributed by atoms with E-state index in [0.717, 1.165) is 58.8 Å². The van der Waals surface area contributed by atoms with E-state index in [0.29, 0.717) is 5.69 Å². The number of para-hydroxylation sites is 3. The predicted molar refractivity (Wildman–Crippen MR) is 277 cm³/mol. The Morgan fingerprint density at radius 3 is 1.62 bits per heavy atom. The summed E-state index contributed by atoms with van der Waals surface area (Å²) >= 11 is 1.55. The quantitative estimate of drug-likeness (QED) is 0.112. The van der Waals surface area contributed by atoms with Crippen molar-refractivity contribution in [2.45, 2.75) is 0 Å². The summed E-state index contributed by atoms with van der Waals surface area (Å²) in [5, 5.41) is 8.89. The Kier molecular flexibility index (Phi) is 6.77. The summed E-state index contributed by atoms with van der Waals surface area (Å²) < 4.78 is 77.9. The lowest BCUT2D eigenvalue weighted by atomic mass is 10.1. The Bertz CT molecular complexity index is 4240. The number of thiophene rings is 1. The van der Waals surface area contributed by atoms with Crippen molar-refractivity contribution in [3.8, 4) is 22.5 Å². The molecule has 3 heterocycles. The first-order chi connectivity index (χ1) is 35.1. The first-order valence-corrected chi connectivity index (χ1v) is 24.2. The third kappa shape index (κ3) is 5.43. The number of hydrogen-bond donors (Lipinski definition) is 0. The van der Waals surface area contributed by atoms with Crippen molar-refractivity contribution >= 4 is 104 Å². The molecule has 13 rings (SSSR count). The molecule has 2 nitrogen and oxygen atoms in total. The summed E-state index contributed by atoms with van der Waals surface area (Å²) in [7, 11) is -2.98. The molecule has 64 heavy (non-hydrogen) atoms. The molecule has 0 amide bonds. The van der Waals surface area contributed by atoms with Crippen LogP contribution in [0.15, 0.2) is 242 Å². The number of benzene rings is 10. The molecule has 0 N–H and O–H groups in total. The van der Waals surface area contributed by atoms with Gasteiger partial charge in [0, 0.05) is 42.7 Å². The molecule has 3 aromatic heterocycles. The summed E-state index contributed by atoms with van der Waals surface area (Å²) in [5.41, 5.74) is 5.94. The number of nitrogens with zero attached hydrogens (tertiary/aromatic N) is 2. The summed E-state index contributed by atoms with van der Waals surface area (Å²) in [5.74, 6) is 0. The summed E-state index contributed by atoms with van der Waals surface area (Å²) in [6, 6.07) is 65.9. The lowest BCUT2D eigenvalue weighted by molar-refractivity contribution is 1.18. The van der Waals surface area contributed by atoms with Gasteiger partial charge in [-0.25, -0.2) is 0 Å². The lowest BCUT2D eigenvalue weighted by Crippen LogP contribution is -2.74. The molecule has 0 fully saturated rings. The highest BCUT2D eigenvalue weighted by Crippen LogP contribution is 2.47. The molecule has 0 spiro atoms. The molecule has 0 bridgehead atoms. The molecule has 0 aliphatic rings. The van der Waals surface area contributed by atoms with Gasteiger partial charge in [-0.3, -0.25) is 0 Å². The molecule has 10 aromatic carbocycles. The van der Waals surface area contributed by atoms with Gasteiger partial charge in [-0.2, -0.15) is 0 Å². The Morgan fingerprint density at radius 1 is 0.391 bits per heavy atom. The van der Waals surface area contributed by atoms with Gasteiger partial charge in [0.2, 0.25) is 0 Å². The van der Waals surface area contributed by atoms with Crippen LogP contribution in [0.4, 0.5) is 0 Å². The van der Waals surface area contributed by atoms with Gasteiger partial charge in [-0.15, -0.1) is 11.3 Å². The van der Waals surface area contributed by atoms with Gasteiger partial charge in [-0.05, 0) is 74.3 Å². The molecule has 0 radical (unpaired) electrons. The topological polar surface area (TPSA) is 9.86 Å². The molecule has 0 unspecified atom stereocenters. The van der Waals surface area contributed by atoms with E-state index in [4.69, 9.17) is 8.22 Å². The second-order valence-electron chi connectivity index (χ2n) is 16.2. The Hall–Kier alpha value is -7.76. The predicted octanol–water partition coefficient (Wildman–Crippen LogP) is 13.3. The van der Waals surface area contributed by atoms with Crippen molar-refractivity contribution in [2.75, 3.05) is 0 Å². The van der Waals surface area contributed by atoms with E-state index in [1.54, 1.807) is 15.9 Å². The maximum Gasteiger partial charge on any atom is 0.179 e. The third-order valence-electron chi connectivity index (χ3n) is 12.9. The SMILES string of the molecule is [2H]c1c([2H])c([2H])c2c(c1[2H])c1c([2H])c([2H])c([2H])c([2H])c1n2-c1cc2c3ccccc3n(-c3ccc([Si](c4ccccc4)(c4ccccc4)c4cccc(-c5ccccc5)c4)cc3)c2c2c1sc1ccccc12. The van der Waals surface area contributed by atoms with E-state index in [-0.39, 0.29) is 46.0 Å². The number of hydrogen-bond acceptors (Lipinski definition) is 1. The van der Waals surface area contributed by atoms with E-state index >= 15 is 0 Å². The molecule has 0 saturated carbocycles. The highest BCUT2D eigenvalue weighted by atomic mass is 32.1. The first kappa shape index (κ1) is 29.5. The van der Waals surface area contributed by atoms with E-state index in [1.165, 1.54) is 20.7 Å². The Labute approximate surface area is 387 Å². The number of aromatic nitrogens is 2. The van der Waals surface area contributed by atoms with E-state index in [9.17, 15) is 2.74 Å². The minimum atomic E-state index is -2.98. The molecular formula is C60H40N2SSi. The molecule has 300 valence electrons. The maximum absolute atomic E-state index is 9.37. The average Bonchev–Trinajstić information content (AvgIpc) is 4.11. The van der Waals surface area contributed by atoms with Crippen molar-refractivity contribution in [1.82, 2.24) is 9.13 Å². The fourth-order valence-electron chi connectivity index (χ4n) is 10.2. The van der Waals surface area contributed by atoms with Gasteiger partial charge in [-0.1, -0.05) is 200 Å². The van der Waals surface area contributed by atoms with Crippen LogP contribution in [0.3, 0.4) is 0 Å². The number of rotatable bonds is 7. The zero-order chi connectivity index (χ0) is 49.2. The Morgan fingerprint density at radius 2 is 0.938 bits per heavy atom. The van der Waals surface area contributed by atoms with Gasteiger partial charge in [0.25, 0.3) is 0 Å². The first-order valence-electron chi connectivity index (χ1n) is 25.4. The van der Waals surface area contributed by atoms with Crippen LogP contribution in [0.2, 0.25) is 0 Å². The van der Waals surface area contributed by atoms with Gasteiger partial charge in [0.15, 0.2) is 8.07 Å². The second kappa shape index (κ2) is 14.7. The van der Waals surface area contributed by atoms with Crippen LogP contribution in [0.25, 0.3) is 86.3 Å². The second-order valence-corrected chi connectivity index (χ2v) is 21.1. The number of fused-ring (bicyclic) bond motifs is 10. The van der Waals surface area contributed by atoms with Crippen molar-refractivity contribution in [3.63, 3.8) is 0 Å². The average molecular weight is 857 g/mol. The monoisotopic (exact) mass is 856 g/mol. The van der Waals surface area contributed by atoms with E-state index < -0.39 is 32.2 Å². The zero-order valence-electron chi connectivity index (χ0n) is 42.3. The lowest BCUT2D eigenvalue weighted by Gasteiger charge is -2.35. The molecule has 0 saturated heterocycles. The van der Waals surface area contributed by atoms with Crippen molar-refractivity contribution in [2.24, 2.45) is 0 Å². The standard InChI is InChI=1S/C60H40N2SSi/c1-4-19-41(20-5-1)42-21-18-26-47(39-42)64(44-22-6-2-7-23-44,45-24-8-3-9-25-45)46-37-35-43(36-38-46)61-53-31-14-12-29-50(53)52-40-56(60-58(59(52)61)51-30-13-17-34-57(51)63-60)62-54-32-15-10-27-48(54)49-28-11-16-33-55(49)62/h1-40H/i10D,11D,15D,16D,27D,28D,32D,33D. The smallest absolute Gasteiger partial charge is 0.179 e. The zero-order valence-corrected chi connectivity index (χ0v) is 36.1. The van der Waals surface area contributed by atoms with Crippen molar-refractivity contribution in [3.05, 3.63) is 242 Å². The molecule has 13 aromatic rings. The largest absolute Gasteiger partial charge is 0.309 e. The van der Waals surface area contributed by atoms with Crippen LogP contribution >= 0.6 is 11.3 Å². The van der Waals surface area contributed by atoms with E-state index in [2.05, 4.69) is 162 Å². The fourth-order valence-corrected chi connectivity index (χ4v) is 16.2. The normalized spacial score (nSPS) is 13.8. The van der Waals surface area contributed by atoms with Crippen LogP contribution in [0, 0.1) is 0 Å². The van der Waals surface area contributed by atoms with Crippen LogP contribution in [-0.2, 0) is 0 Å². The van der Waals surface area contributed by atoms with Crippen molar-refractivity contribution < 1.29 is 11.0 Å². The highest BCUT2D eigenvalue weighted by molar-refractivity contribution is 7.26. The minimum Gasteiger partial charge on any atom is -0.309 e. The molecular weight excluding hydrogens is 809 g/mol. The van der Waals surface area contributed by atoms with Crippen LogP contribution in [-0.4, -0.2) is 17.2 Å². The fraction of sp³-hybridized carbons (Fsp3) is 0. The summed E-state index contributed by atoms with van der Waals surface area (Å²) in [6.07, 6.45) is 0. The van der Waals surface area contributed by atoms with E-state index in [1.807, 2.05) is 36.4 Å². The summed E-state index contributed by atoms with van der Waals surface area (Å²) in [6.45, 7) is 0.